The van der Waals surface area contributed by atoms with Crippen LogP contribution in [0.3, 0.4) is 0 Å². The molecule has 112 valence electrons. The third-order valence-electron chi connectivity index (χ3n) is 2.23. The number of para-hydroxylation sites is 1. The fourth-order valence-corrected chi connectivity index (χ4v) is 3.13. The van der Waals surface area contributed by atoms with E-state index in [1.165, 1.54) is 24.3 Å². The van der Waals surface area contributed by atoms with Gasteiger partial charge in [0.25, 0.3) is 0 Å². The molecule has 0 fully saturated rings. The van der Waals surface area contributed by atoms with Crippen molar-refractivity contribution in [2.75, 3.05) is 0 Å². The molecule has 0 saturated heterocycles. The number of aromatic hydroxyl groups is 1. The van der Waals surface area contributed by atoms with E-state index >= 15 is 0 Å². The molecule has 0 radical (unpaired) electrons. The van der Waals surface area contributed by atoms with Crippen molar-refractivity contribution in [3.63, 3.8) is 0 Å². The first-order chi connectivity index (χ1) is 9.80. The molecule has 0 aromatic heterocycles. The number of hydrogen-bond donors (Lipinski definition) is 1. The van der Waals surface area contributed by atoms with E-state index in [1.807, 2.05) is 0 Å². The Labute approximate surface area is 121 Å². The lowest BCUT2D eigenvalue weighted by molar-refractivity contribution is 0.461. The predicted octanol–water partition coefficient (Wildman–Crippen LogP) is 1.42. The van der Waals surface area contributed by atoms with Crippen LogP contribution in [0.5, 0.6) is 17.2 Å². The lowest BCUT2D eigenvalue weighted by Crippen LogP contribution is -2.25. The van der Waals surface area contributed by atoms with Crippen molar-refractivity contribution in [2.24, 2.45) is 0 Å². The third kappa shape index (κ3) is 3.64. The van der Waals surface area contributed by atoms with Crippen molar-refractivity contribution in [1.29, 1.82) is 0 Å². The number of phenolic OH excluding ortho intramolecular Hbond substituents is 1. The molecule has 0 aliphatic heterocycles. The first-order valence-electron chi connectivity index (χ1n) is 5.53. The van der Waals surface area contributed by atoms with E-state index in [0.29, 0.717) is 0 Å². The molecule has 9 heteroatoms. The highest BCUT2D eigenvalue weighted by Gasteiger charge is 2.35. The van der Waals surface area contributed by atoms with Crippen LogP contribution in [0.25, 0.3) is 0 Å². The Morgan fingerprint density at radius 2 is 1.10 bits per heavy atom. The summed E-state index contributed by atoms with van der Waals surface area (Å²) < 4.78 is 55.8. The maximum Gasteiger partial charge on any atom is 0.454 e. The zero-order valence-corrected chi connectivity index (χ0v) is 12.0. The van der Waals surface area contributed by atoms with Crippen molar-refractivity contribution in [3.8, 4) is 17.2 Å². The van der Waals surface area contributed by atoms with Crippen molar-refractivity contribution in [2.45, 2.75) is 0 Å². The van der Waals surface area contributed by atoms with Crippen LogP contribution in [0.2, 0.25) is 0 Å². The van der Waals surface area contributed by atoms with Crippen molar-refractivity contribution in [3.05, 3.63) is 54.6 Å². The van der Waals surface area contributed by atoms with E-state index < -0.39 is 18.3 Å². The maximum atomic E-state index is 11.7. The Morgan fingerprint density at radius 1 is 0.667 bits per heavy atom. The van der Waals surface area contributed by atoms with Gasteiger partial charge in [-0.2, -0.15) is 16.8 Å². The van der Waals surface area contributed by atoms with Gasteiger partial charge in [-0.05, 0) is 36.4 Å². The van der Waals surface area contributed by atoms with Crippen molar-refractivity contribution < 1.29 is 30.3 Å². The van der Waals surface area contributed by atoms with E-state index in [4.69, 9.17) is 5.11 Å². The van der Waals surface area contributed by atoms with Crippen LogP contribution in [-0.2, 0) is 18.3 Å². The molecule has 0 atom stereocenters. The number of hydrogen-bond acceptors (Lipinski definition) is 7. The zero-order chi connectivity index (χ0) is 15.5. The molecular weight excluding hydrogens is 320 g/mol. The monoisotopic (exact) mass is 330 g/mol. The summed E-state index contributed by atoms with van der Waals surface area (Å²) in [6.45, 7) is 0. The minimum Gasteiger partial charge on any atom is -0.508 e. The van der Waals surface area contributed by atoms with E-state index in [-0.39, 0.29) is 17.2 Å². The zero-order valence-electron chi connectivity index (χ0n) is 10.4. The van der Waals surface area contributed by atoms with Crippen LogP contribution in [-0.4, -0.2) is 21.9 Å². The molecule has 0 spiro atoms. The van der Waals surface area contributed by atoms with Gasteiger partial charge >= 0.3 is 18.3 Å². The molecule has 7 nitrogen and oxygen atoms in total. The molecule has 0 heterocycles. The highest BCUT2D eigenvalue weighted by atomic mass is 33.2. The van der Waals surface area contributed by atoms with Gasteiger partial charge in [0.05, 0.1) is 0 Å². The summed E-state index contributed by atoms with van der Waals surface area (Å²) in [6.07, 6.45) is 0. The van der Waals surface area contributed by atoms with E-state index in [0.717, 1.165) is 24.3 Å². The fourth-order valence-electron chi connectivity index (χ4n) is 1.30. The van der Waals surface area contributed by atoms with Gasteiger partial charge < -0.3 is 13.5 Å². The summed E-state index contributed by atoms with van der Waals surface area (Å²) in [6, 6.07) is 11.7. The Kier molecular flexibility index (Phi) is 4.05. The Hall–Kier alpha value is -2.26. The Morgan fingerprint density at radius 3 is 1.57 bits per heavy atom. The summed E-state index contributed by atoms with van der Waals surface area (Å²) in [7, 11) is -10.1. The lowest BCUT2D eigenvalue weighted by atomic mass is 10.3. The van der Waals surface area contributed by atoms with Gasteiger partial charge in [-0.3, -0.25) is 0 Å². The van der Waals surface area contributed by atoms with Crippen LogP contribution < -0.4 is 8.37 Å². The quantitative estimate of drug-likeness (QED) is 0.826. The summed E-state index contributed by atoms with van der Waals surface area (Å²) >= 11 is 0. The highest BCUT2D eigenvalue weighted by Crippen LogP contribution is 2.21. The van der Waals surface area contributed by atoms with E-state index in [1.54, 1.807) is 6.07 Å². The van der Waals surface area contributed by atoms with Crippen LogP contribution >= 0.6 is 0 Å². The van der Waals surface area contributed by atoms with Gasteiger partial charge in [-0.25, -0.2) is 0 Å². The summed E-state index contributed by atoms with van der Waals surface area (Å²) in [5, 5.41) is 9.06. The minimum atomic E-state index is -5.06. The molecule has 0 saturated carbocycles. The SMILES string of the molecule is O=S(=O)(Oc1ccccc1)S(=O)(=O)Oc1ccc(O)cc1. The standard InChI is InChI=1S/C12H10O7S2/c13-10-6-8-12(9-7-10)19-21(16,17)20(14,15)18-11-4-2-1-3-5-11/h1-9,13H. The first kappa shape index (κ1) is 15.1. The van der Waals surface area contributed by atoms with Gasteiger partial charge in [-0.15, -0.1) is 0 Å². The van der Waals surface area contributed by atoms with E-state index in [9.17, 15) is 16.8 Å². The maximum absolute atomic E-state index is 11.7. The average Bonchev–Trinajstić information content (AvgIpc) is 2.41. The topological polar surface area (TPSA) is 107 Å². The smallest absolute Gasteiger partial charge is 0.454 e. The molecule has 0 aliphatic rings. The first-order valence-corrected chi connectivity index (χ1v) is 8.86. The third-order valence-corrected chi connectivity index (χ3v) is 5.43. The van der Waals surface area contributed by atoms with Crippen LogP contribution in [0, 0.1) is 0 Å². The van der Waals surface area contributed by atoms with Gasteiger partial charge in [0, 0.05) is 0 Å². The predicted molar refractivity (Wildman–Crippen MR) is 73.6 cm³/mol. The summed E-state index contributed by atoms with van der Waals surface area (Å²) in [5.41, 5.74) is 0. The molecule has 1 N–H and O–H groups in total. The van der Waals surface area contributed by atoms with Gasteiger partial charge in [0.1, 0.15) is 17.2 Å². The summed E-state index contributed by atoms with van der Waals surface area (Å²) in [5.74, 6) is -0.549. The summed E-state index contributed by atoms with van der Waals surface area (Å²) in [4.78, 5) is 0. The molecule has 2 aromatic rings. The minimum absolute atomic E-state index is 0.122. The van der Waals surface area contributed by atoms with Gasteiger partial charge in [0.15, 0.2) is 0 Å². The second-order valence-corrected chi connectivity index (χ2v) is 8.21. The molecule has 0 unspecified atom stereocenters. The molecule has 0 aliphatic carbocycles. The van der Waals surface area contributed by atoms with E-state index in [2.05, 4.69) is 8.37 Å². The second-order valence-electron chi connectivity index (χ2n) is 3.79. The van der Waals surface area contributed by atoms with Crippen molar-refractivity contribution in [1.82, 2.24) is 0 Å². The molecule has 2 rings (SSSR count). The molecular formula is C12H10O7S2. The second kappa shape index (κ2) is 5.62. The molecule has 21 heavy (non-hydrogen) atoms. The molecule has 0 bridgehead atoms. The van der Waals surface area contributed by atoms with Crippen LogP contribution in [0.1, 0.15) is 0 Å². The van der Waals surface area contributed by atoms with Crippen LogP contribution in [0.15, 0.2) is 54.6 Å². The molecule has 0 amide bonds. The molecule has 2 aromatic carbocycles. The number of rotatable bonds is 5. The number of phenols is 1. The average molecular weight is 330 g/mol. The fraction of sp³-hybridized carbons (Fsp3) is 0. The number of benzene rings is 2. The van der Waals surface area contributed by atoms with Gasteiger partial charge in [-0.1, -0.05) is 18.2 Å². The van der Waals surface area contributed by atoms with Crippen molar-refractivity contribution >= 4 is 18.3 Å². The Balaban J connectivity index is 2.23. The van der Waals surface area contributed by atoms with Crippen LogP contribution in [0.4, 0.5) is 0 Å². The normalized spacial score (nSPS) is 11.8. The lowest BCUT2D eigenvalue weighted by Gasteiger charge is -2.08. The highest BCUT2D eigenvalue weighted by molar-refractivity contribution is 8.63. The largest absolute Gasteiger partial charge is 0.508 e. The van der Waals surface area contributed by atoms with Gasteiger partial charge in [0.2, 0.25) is 0 Å². The Bertz CT molecular complexity index is 810.